The highest BCUT2D eigenvalue weighted by molar-refractivity contribution is 7.85. The van der Waals surface area contributed by atoms with Gasteiger partial charge in [-0.05, 0) is 30.7 Å². The molecule has 0 saturated carbocycles. The Hall–Kier alpha value is -0.870. The SMILES string of the molecule is CCCOCCS(=O)c1ccc(N)cc1. The van der Waals surface area contributed by atoms with Gasteiger partial charge in [0.25, 0.3) is 0 Å². The predicted molar refractivity (Wildman–Crippen MR) is 63.2 cm³/mol. The highest BCUT2D eigenvalue weighted by atomic mass is 32.2. The molecular formula is C11H17NO2S. The van der Waals surface area contributed by atoms with Crippen LogP contribution in [0.15, 0.2) is 29.2 Å². The van der Waals surface area contributed by atoms with Gasteiger partial charge in [-0.2, -0.15) is 0 Å². The number of hydrogen-bond acceptors (Lipinski definition) is 3. The highest BCUT2D eigenvalue weighted by Gasteiger charge is 2.02. The summed E-state index contributed by atoms with van der Waals surface area (Å²) >= 11 is 0. The van der Waals surface area contributed by atoms with Crippen LogP contribution in [-0.2, 0) is 15.5 Å². The molecule has 0 radical (unpaired) electrons. The Labute approximate surface area is 93.1 Å². The zero-order chi connectivity index (χ0) is 11.1. The Kier molecular flexibility index (Phi) is 5.36. The average molecular weight is 227 g/mol. The minimum Gasteiger partial charge on any atom is -0.399 e. The van der Waals surface area contributed by atoms with Gasteiger partial charge in [0, 0.05) is 17.2 Å². The number of benzene rings is 1. The summed E-state index contributed by atoms with van der Waals surface area (Å²) in [7, 11) is -0.976. The van der Waals surface area contributed by atoms with Crippen molar-refractivity contribution in [3.8, 4) is 0 Å². The average Bonchev–Trinajstić information content (AvgIpc) is 2.25. The summed E-state index contributed by atoms with van der Waals surface area (Å²) in [5.74, 6) is 0.546. The first kappa shape index (κ1) is 12.2. The Balaban J connectivity index is 2.37. The third-order valence-corrected chi connectivity index (χ3v) is 3.24. The number of nitrogens with two attached hydrogens (primary N) is 1. The van der Waals surface area contributed by atoms with Gasteiger partial charge in [-0.3, -0.25) is 4.21 Å². The topological polar surface area (TPSA) is 52.3 Å². The van der Waals surface area contributed by atoms with Crippen molar-refractivity contribution in [2.75, 3.05) is 24.7 Å². The van der Waals surface area contributed by atoms with Crippen LogP contribution in [0.1, 0.15) is 13.3 Å². The smallest absolute Gasteiger partial charge is 0.0585 e. The van der Waals surface area contributed by atoms with Crippen LogP contribution >= 0.6 is 0 Å². The first-order chi connectivity index (χ1) is 7.24. The maximum Gasteiger partial charge on any atom is 0.0585 e. The van der Waals surface area contributed by atoms with E-state index >= 15 is 0 Å². The number of hydrogen-bond donors (Lipinski definition) is 1. The highest BCUT2D eigenvalue weighted by Crippen LogP contribution is 2.09. The first-order valence-electron chi connectivity index (χ1n) is 5.05. The van der Waals surface area contributed by atoms with Crippen molar-refractivity contribution in [1.82, 2.24) is 0 Å². The van der Waals surface area contributed by atoms with Crippen LogP contribution < -0.4 is 5.73 Å². The lowest BCUT2D eigenvalue weighted by Gasteiger charge is -2.03. The molecule has 0 spiro atoms. The standard InChI is InChI=1S/C11H17NO2S/c1-2-7-14-8-9-15(13)11-5-3-10(12)4-6-11/h3-6H,2,7-9,12H2,1H3. The molecule has 4 heteroatoms. The summed E-state index contributed by atoms with van der Waals surface area (Å²) < 4.78 is 17.0. The molecule has 1 aromatic carbocycles. The van der Waals surface area contributed by atoms with Crippen LogP contribution in [-0.4, -0.2) is 23.2 Å². The molecule has 2 N–H and O–H groups in total. The number of ether oxygens (including phenoxy) is 1. The van der Waals surface area contributed by atoms with Gasteiger partial charge >= 0.3 is 0 Å². The maximum atomic E-state index is 11.7. The fourth-order valence-corrected chi connectivity index (χ4v) is 2.06. The molecule has 0 saturated heterocycles. The molecule has 1 unspecified atom stereocenters. The summed E-state index contributed by atoms with van der Waals surface area (Å²) in [6, 6.07) is 7.12. The molecule has 84 valence electrons. The lowest BCUT2D eigenvalue weighted by Crippen LogP contribution is -2.06. The van der Waals surface area contributed by atoms with Crippen LogP contribution in [0.5, 0.6) is 0 Å². The van der Waals surface area contributed by atoms with Gasteiger partial charge < -0.3 is 10.5 Å². The third-order valence-electron chi connectivity index (χ3n) is 1.90. The largest absolute Gasteiger partial charge is 0.399 e. The zero-order valence-electron chi connectivity index (χ0n) is 8.94. The van der Waals surface area contributed by atoms with Gasteiger partial charge in [0.2, 0.25) is 0 Å². The predicted octanol–water partition coefficient (Wildman–Crippen LogP) is 1.80. The summed E-state index contributed by atoms with van der Waals surface area (Å²) in [5.41, 5.74) is 6.24. The molecule has 15 heavy (non-hydrogen) atoms. The molecule has 1 atom stereocenters. The van der Waals surface area contributed by atoms with E-state index in [0.717, 1.165) is 17.9 Å². The minimum absolute atomic E-state index is 0.546. The van der Waals surface area contributed by atoms with Crippen molar-refractivity contribution in [2.24, 2.45) is 0 Å². The van der Waals surface area contributed by atoms with Gasteiger partial charge in [-0.25, -0.2) is 0 Å². The second-order valence-corrected chi connectivity index (χ2v) is 4.80. The summed E-state index contributed by atoms with van der Waals surface area (Å²) in [5, 5.41) is 0. The summed E-state index contributed by atoms with van der Waals surface area (Å²) in [6.45, 7) is 3.33. The lowest BCUT2D eigenvalue weighted by atomic mass is 10.3. The van der Waals surface area contributed by atoms with Crippen molar-refractivity contribution in [1.29, 1.82) is 0 Å². The van der Waals surface area contributed by atoms with Crippen LogP contribution in [0.3, 0.4) is 0 Å². The van der Waals surface area contributed by atoms with Gasteiger partial charge in [0.1, 0.15) is 0 Å². The minimum atomic E-state index is -0.976. The van der Waals surface area contributed by atoms with Gasteiger partial charge in [0.05, 0.1) is 23.2 Å². The van der Waals surface area contributed by atoms with Crippen LogP contribution in [0, 0.1) is 0 Å². The van der Waals surface area contributed by atoms with E-state index in [0.29, 0.717) is 18.0 Å². The van der Waals surface area contributed by atoms with E-state index < -0.39 is 10.8 Å². The Morgan fingerprint density at radius 1 is 1.27 bits per heavy atom. The van der Waals surface area contributed by atoms with Gasteiger partial charge in [-0.15, -0.1) is 0 Å². The van der Waals surface area contributed by atoms with E-state index in [-0.39, 0.29) is 0 Å². The van der Waals surface area contributed by atoms with Crippen molar-refractivity contribution >= 4 is 16.5 Å². The normalized spacial score (nSPS) is 12.6. The molecule has 3 nitrogen and oxygen atoms in total. The van der Waals surface area contributed by atoms with Crippen molar-refractivity contribution < 1.29 is 8.95 Å². The van der Waals surface area contributed by atoms with Crippen molar-refractivity contribution in [3.63, 3.8) is 0 Å². The summed E-state index contributed by atoms with van der Waals surface area (Å²) in [6.07, 6.45) is 0.995. The van der Waals surface area contributed by atoms with E-state index in [1.54, 1.807) is 24.3 Å². The second-order valence-electron chi connectivity index (χ2n) is 3.23. The van der Waals surface area contributed by atoms with Crippen molar-refractivity contribution in [2.45, 2.75) is 18.2 Å². The molecule has 0 bridgehead atoms. The molecule has 0 amide bonds. The van der Waals surface area contributed by atoms with E-state index in [1.807, 2.05) is 0 Å². The van der Waals surface area contributed by atoms with E-state index in [2.05, 4.69) is 6.92 Å². The Morgan fingerprint density at radius 3 is 2.53 bits per heavy atom. The fraction of sp³-hybridized carbons (Fsp3) is 0.455. The monoisotopic (exact) mass is 227 g/mol. The lowest BCUT2D eigenvalue weighted by molar-refractivity contribution is 0.150. The molecule has 1 rings (SSSR count). The molecule has 0 heterocycles. The first-order valence-corrected chi connectivity index (χ1v) is 6.37. The molecule has 0 aliphatic carbocycles. The van der Waals surface area contributed by atoms with E-state index in [1.165, 1.54) is 0 Å². The molecule has 0 fully saturated rings. The summed E-state index contributed by atoms with van der Waals surface area (Å²) in [4.78, 5) is 0.810. The van der Waals surface area contributed by atoms with Crippen LogP contribution in [0.2, 0.25) is 0 Å². The van der Waals surface area contributed by atoms with Crippen molar-refractivity contribution in [3.05, 3.63) is 24.3 Å². The quantitative estimate of drug-likeness (QED) is 0.595. The maximum absolute atomic E-state index is 11.7. The number of anilines is 1. The number of rotatable bonds is 6. The van der Waals surface area contributed by atoms with Crippen LogP contribution in [0.25, 0.3) is 0 Å². The van der Waals surface area contributed by atoms with E-state index in [9.17, 15) is 4.21 Å². The zero-order valence-corrected chi connectivity index (χ0v) is 9.76. The third kappa shape index (κ3) is 4.44. The molecular weight excluding hydrogens is 210 g/mol. The van der Waals surface area contributed by atoms with Gasteiger partial charge in [0.15, 0.2) is 0 Å². The molecule has 1 aromatic rings. The second kappa shape index (κ2) is 6.58. The Bertz CT molecular complexity index is 311. The van der Waals surface area contributed by atoms with E-state index in [4.69, 9.17) is 10.5 Å². The van der Waals surface area contributed by atoms with Crippen LogP contribution in [0.4, 0.5) is 5.69 Å². The fourth-order valence-electron chi connectivity index (χ4n) is 1.12. The molecule has 0 aliphatic rings. The molecule has 0 aliphatic heterocycles. The molecule has 0 aromatic heterocycles. The Morgan fingerprint density at radius 2 is 1.93 bits per heavy atom. The number of nitrogen functional groups attached to an aromatic ring is 1. The van der Waals surface area contributed by atoms with Gasteiger partial charge in [-0.1, -0.05) is 6.92 Å².